The number of hydrogen-bond donors (Lipinski definition) is 4. The third-order valence-electron chi connectivity index (χ3n) is 2.99. The molecule has 3 atom stereocenters. The van der Waals surface area contributed by atoms with Crippen molar-refractivity contribution >= 4 is 0 Å². The van der Waals surface area contributed by atoms with E-state index in [4.69, 9.17) is 15.3 Å². The van der Waals surface area contributed by atoms with E-state index in [-0.39, 0.29) is 25.2 Å². The fraction of sp³-hybridized carbons (Fsp3) is 1.00. The van der Waals surface area contributed by atoms with Crippen LogP contribution >= 0.6 is 0 Å². The van der Waals surface area contributed by atoms with Gasteiger partial charge in [0, 0.05) is 12.5 Å². The van der Waals surface area contributed by atoms with Crippen molar-refractivity contribution in [1.29, 1.82) is 0 Å². The van der Waals surface area contributed by atoms with E-state index in [1.165, 1.54) is 0 Å². The molecule has 0 aliphatic rings. The van der Waals surface area contributed by atoms with E-state index in [0.29, 0.717) is 0 Å². The third kappa shape index (κ3) is 12.3. The normalized spacial score (nSPS) is 15.5. The van der Waals surface area contributed by atoms with Gasteiger partial charge in [0.05, 0.1) is 18.8 Å². The Bertz CT molecular complexity index is 149. The molecule has 4 nitrogen and oxygen atoms in total. The summed E-state index contributed by atoms with van der Waals surface area (Å²) < 4.78 is 0. The summed E-state index contributed by atoms with van der Waals surface area (Å²) in [6.45, 7) is 6.09. The lowest BCUT2D eigenvalue weighted by Crippen LogP contribution is -2.22. The molecule has 3 unspecified atom stereocenters. The van der Waals surface area contributed by atoms with Gasteiger partial charge in [-0.3, -0.25) is 0 Å². The Hall–Kier alpha value is -0.160. The fourth-order valence-corrected chi connectivity index (χ4v) is 1.59. The zero-order valence-electron chi connectivity index (χ0n) is 12.2. The second kappa shape index (κ2) is 14.9. The molecule has 18 heavy (non-hydrogen) atoms. The molecule has 0 rings (SSSR count). The SMILES string of the molecule is CCCC(O)C(CC)CO.CCCCC(O)CO. The monoisotopic (exact) mass is 264 g/mol. The molecule has 0 heterocycles. The van der Waals surface area contributed by atoms with Crippen molar-refractivity contribution < 1.29 is 20.4 Å². The van der Waals surface area contributed by atoms with Gasteiger partial charge in [-0.05, 0) is 19.3 Å². The van der Waals surface area contributed by atoms with Crippen LogP contribution in [0.5, 0.6) is 0 Å². The molecular formula is C14H32O4. The summed E-state index contributed by atoms with van der Waals surface area (Å²) in [5.74, 6) is 0.0833. The van der Waals surface area contributed by atoms with Crippen molar-refractivity contribution in [2.24, 2.45) is 5.92 Å². The van der Waals surface area contributed by atoms with Crippen LogP contribution in [0.2, 0.25) is 0 Å². The first-order chi connectivity index (χ1) is 8.56. The minimum atomic E-state index is -0.491. The summed E-state index contributed by atoms with van der Waals surface area (Å²) >= 11 is 0. The first-order valence-electron chi connectivity index (χ1n) is 7.14. The Morgan fingerprint density at radius 1 is 0.833 bits per heavy atom. The largest absolute Gasteiger partial charge is 0.396 e. The molecule has 0 aromatic carbocycles. The maximum absolute atomic E-state index is 9.35. The quantitative estimate of drug-likeness (QED) is 0.511. The Morgan fingerprint density at radius 2 is 1.44 bits per heavy atom. The molecule has 0 aliphatic carbocycles. The van der Waals surface area contributed by atoms with Gasteiger partial charge in [-0.2, -0.15) is 0 Å². The Kier molecular flexibility index (Phi) is 16.7. The van der Waals surface area contributed by atoms with Crippen molar-refractivity contribution in [1.82, 2.24) is 0 Å². The van der Waals surface area contributed by atoms with Gasteiger partial charge in [0.1, 0.15) is 0 Å². The predicted octanol–water partition coefficient (Wildman–Crippen LogP) is 1.70. The number of rotatable bonds is 9. The van der Waals surface area contributed by atoms with Gasteiger partial charge in [0.15, 0.2) is 0 Å². The van der Waals surface area contributed by atoms with Crippen molar-refractivity contribution in [3.8, 4) is 0 Å². The fourth-order valence-electron chi connectivity index (χ4n) is 1.59. The molecule has 0 bridgehead atoms. The van der Waals surface area contributed by atoms with Crippen molar-refractivity contribution in [3.63, 3.8) is 0 Å². The third-order valence-corrected chi connectivity index (χ3v) is 2.99. The van der Waals surface area contributed by atoms with Crippen LogP contribution < -0.4 is 0 Å². The summed E-state index contributed by atoms with van der Waals surface area (Å²) in [6, 6.07) is 0. The number of aliphatic hydroxyl groups excluding tert-OH is 4. The predicted molar refractivity (Wildman–Crippen MR) is 74.4 cm³/mol. The zero-order valence-corrected chi connectivity index (χ0v) is 12.2. The first-order valence-corrected chi connectivity index (χ1v) is 7.14. The van der Waals surface area contributed by atoms with Gasteiger partial charge in [-0.25, -0.2) is 0 Å². The molecule has 4 N–H and O–H groups in total. The van der Waals surface area contributed by atoms with Gasteiger partial charge < -0.3 is 20.4 Å². The minimum absolute atomic E-state index is 0.0833. The maximum atomic E-state index is 9.35. The second-order valence-electron chi connectivity index (χ2n) is 4.69. The summed E-state index contributed by atoms with van der Waals surface area (Å²) in [4.78, 5) is 0. The van der Waals surface area contributed by atoms with E-state index in [1.807, 2.05) is 13.8 Å². The average molecular weight is 264 g/mol. The molecule has 0 radical (unpaired) electrons. The first kappa shape index (κ1) is 20.2. The summed E-state index contributed by atoms with van der Waals surface area (Å²) in [5.41, 5.74) is 0. The molecule has 0 amide bonds. The molecule has 0 saturated heterocycles. The number of hydrogen-bond acceptors (Lipinski definition) is 4. The Balaban J connectivity index is 0. The number of unbranched alkanes of at least 4 members (excludes halogenated alkanes) is 1. The van der Waals surface area contributed by atoms with Crippen molar-refractivity contribution in [3.05, 3.63) is 0 Å². The van der Waals surface area contributed by atoms with Crippen LogP contribution in [0.25, 0.3) is 0 Å². The molecule has 0 spiro atoms. The molecule has 0 saturated carbocycles. The molecule has 0 fully saturated rings. The molecular weight excluding hydrogens is 232 g/mol. The molecule has 0 aromatic rings. The zero-order chi connectivity index (χ0) is 14.4. The van der Waals surface area contributed by atoms with Crippen LogP contribution in [0.4, 0.5) is 0 Å². The van der Waals surface area contributed by atoms with Crippen LogP contribution in [-0.4, -0.2) is 45.8 Å². The van der Waals surface area contributed by atoms with Crippen LogP contribution in [0.3, 0.4) is 0 Å². The summed E-state index contributed by atoms with van der Waals surface area (Å²) in [6.07, 6.45) is 4.66. The molecule has 0 aromatic heterocycles. The minimum Gasteiger partial charge on any atom is -0.396 e. The Labute approximate surface area is 112 Å². The van der Waals surface area contributed by atoms with Crippen LogP contribution in [0.15, 0.2) is 0 Å². The van der Waals surface area contributed by atoms with Crippen molar-refractivity contribution in [2.45, 2.75) is 71.5 Å². The highest BCUT2D eigenvalue weighted by Crippen LogP contribution is 2.12. The molecule has 0 aliphatic heterocycles. The van der Waals surface area contributed by atoms with Gasteiger partial charge in [-0.1, -0.05) is 40.0 Å². The average Bonchev–Trinajstić information content (AvgIpc) is 2.38. The molecule has 4 heteroatoms. The topological polar surface area (TPSA) is 80.9 Å². The van der Waals surface area contributed by atoms with Crippen LogP contribution in [0, 0.1) is 5.92 Å². The van der Waals surface area contributed by atoms with Gasteiger partial charge in [-0.15, -0.1) is 0 Å². The van der Waals surface area contributed by atoms with Crippen LogP contribution in [-0.2, 0) is 0 Å². The highest BCUT2D eigenvalue weighted by molar-refractivity contribution is 4.65. The van der Waals surface area contributed by atoms with Gasteiger partial charge in [0.25, 0.3) is 0 Å². The smallest absolute Gasteiger partial charge is 0.0770 e. The highest BCUT2D eigenvalue weighted by Gasteiger charge is 2.14. The lowest BCUT2D eigenvalue weighted by molar-refractivity contribution is 0.0584. The van der Waals surface area contributed by atoms with E-state index < -0.39 is 6.10 Å². The van der Waals surface area contributed by atoms with E-state index >= 15 is 0 Å². The Morgan fingerprint density at radius 3 is 1.78 bits per heavy atom. The summed E-state index contributed by atoms with van der Waals surface area (Å²) in [5, 5.41) is 35.2. The maximum Gasteiger partial charge on any atom is 0.0770 e. The van der Waals surface area contributed by atoms with E-state index in [2.05, 4.69) is 6.92 Å². The number of aliphatic hydroxyl groups is 4. The molecule has 112 valence electrons. The van der Waals surface area contributed by atoms with E-state index in [1.54, 1.807) is 0 Å². The standard InChI is InChI=1S/C8H18O2.C6H14O2/c1-3-5-8(10)7(4-2)6-9;1-2-3-4-6(8)5-7/h7-10H,3-6H2,1-2H3;6-8H,2-5H2,1H3. The van der Waals surface area contributed by atoms with Crippen molar-refractivity contribution in [2.75, 3.05) is 13.2 Å². The van der Waals surface area contributed by atoms with Crippen LogP contribution in [0.1, 0.15) is 59.3 Å². The van der Waals surface area contributed by atoms with E-state index in [9.17, 15) is 5.11 Å². The second-order valence-corrected chi connectivity index (χ2v) is 4.69. The van der Waals surface area contributed by atoms with Gasteiger partial charge in [0.2, 0.25) is 0 Å². The van der Waals surface area contributed by atoms with E-state index in [0.717, 1.165) is 38.5 Å². The van der Waals surface area contributed by atoms with Gasteiger partial charge >= 0.3 is 0 Å². The lowest BCUT2D eigenvalue weighted by atomic mass is 9.97. The highest BCUT2D eigenvalue weighted by atomic mass is 16.3. The lowest BCUT2D eigenvalue weighted by Gasteiger charge is -2.17. The summed E-state index contributed by atoms with van der Waals surface area (Å²) in [7, 11) is 0.